The maximum absolute atomic E-state index is 13.8. The van der Waals surface area contributed by atoms with E-state index < -0.39 is 36.4 Å². The van der Waals surface area contributed by atoms with Gasteiger partial charge in [0.25, 0.3) is 0 Å². The molecule has 3 rings (SSSR count). The Kier molecular flexibility index (Phi) is 5.34. The van der Waals surface area contributed by atoms with E-state index in [2.05, 4.69) is 9.97 Å². The van der Waals surface area contributed by atoms with Gasteiger partial charge in [-0.05, 0) is 36.1 Å². The predicted molar refractivity (Wildman–Crippen MR) is 96.8 cm³/mol. The molecule has 3 aromatic rings. The molecule has 2 atom stereocenters. The summed E-state index contributed by atoms with van der Waals surface area (Å²) in [6.45, 7) is 1.54. The van der Waals surface area contributed by atoms with Gasteiger partial charge in [0.05, 0.1) is 18.8 Å². The first kappa shape index (κ1) is 20.1. The number of H-pyrrole nitrogens is 1. The van der Waals surface area contributed by atoms with E-state index in [9.17, 15) is 22.7 Å². The second-order valence-electron chi connectivity index (χ2n) is 6.96. The number of halogens is 4. The zero-order valence-electron chi connectivity index (χ0n) is 15.3. The van der Waals surface area contributed by atoms with Gasteiger partial charge in [-0.15, -0.1) is 0 Å². The van der Waals surface area contributed by atoms with E-state index in [1.54, 1.807) is 25.3 Å². The van der Waals surface area contributed by atoms with Gasteiger partial charge in [-0.1, -0.05) is 13.0 Å². The maximum Gasteiger partial charge on any atom is 0.417 e. The number of ether oxygens (including phenoxy) is 1. The number of fused-ring (bicyclic) bond motifs is 1. The van der Waals surface area contributed by atoms with Crippen LogP contribution in [0.3, 0.4) is 0 Å². The van der Waals surface area contributed by atoms with Crippen LogP contribution in [0.2, 0.25) is 0 Å². The molecule has 0 amide bonds. The van der Waals surface area contributed by atoms with E-state index >= 15 is 0 Å². The SMILES string of the molecule is COc1cc(F)ccc1C(C)CC(O)(Cc1cc2ccncc2[nH]1)C(F)(F)F. The van der Waals surface area contributed by atoms with Crippen LogP contribution in [0.15, 0.2) is 42.7 Å². The van der Waals surface area contributed by atoms with Crippen LogP contribution in [0.25, 0.3) is 10.9 Å². The largest absolute Gasteiger partial charge is 0.496 e. The molecule has 2 unspecified atom stereocenters. The van der Waals surface area contributed by atoms with Crippen molar-refractivity contribution in [2.75, 3.05) is 7.11 Å². The zero-order valence-corrected chi connectivity index (χ0v) is 15.3. The van der Waals surface area contributed by atoms with E-state index in [-0.39, 0.29) is 11.4 Å². The third-order valence-corrected chi connectivity index (χ3v) is 4.86. The van der Waals surface area contributed by atoms with Crippen molar-refractivity contribution in [3.8, 4) is 5.75 Å². The van der Waals surface area contributed by atoms with Crippen LogP contribution in [-0.4, -0.2) is 34.0 Å². The van der Waals surface area contributed by atoms with Gasteiger partial charge in [0, 0.05) is 29.8 Å². The molecule has 0 aliphatic carbocycles. The van der Waals surface area contributed by atoms with Gasteiger partial charge < -0.3 is 14.8 Å². The van der Waals surface area contributed by atoms with E-state index in [0.29, 0.717) is 16.5 Å². The lowest BCUT2D eigenvalue weighted by Crippen LogP contribution is -2.48. The number of nitrogens with zero attached hydrogens (tertiary/aromatic N) is 1. The molecule has 2 N–H and O–H groups in total. The molecule has 2 aromatic heterocycles. The third kappa shape index (κ3) is 3.96. The highest BCUT2D eigenvalue weighted by atomic mass is 19.4. The minimum Gasteiger partial charge on any atom is -0.496 e. The summed E-state index contributed by atoms with van der Waals surface area (Å²) in [5.41, 5.74) is -1.73. The summed E-state index contributed by atoms with van der Waals surface area (Å²) in [5.74, 6) is -1.13. The summed E-state index contributed by atoms with van der Waals surface area (Å²) < 4.78 is 59.9. The number of hydrogen-bond donors (Lipinski definition) is 2. The Balaban J connectivity index is 1.91. The number of methoxy groups -OCH3 is 1. The number of rotatable bonds is 6. The third-order valence-electron chi connectivity index (χ3n) is 4.86. The lowest BCUT2D eigenvalue weighted by Gasteiger charge is -2.33. The van der Waals surface area contributed by atoms with Crippen molar-refractivity contribution in [3.63, 3.8) is 0 Å². The number of benzene rings is 1. The number of nitrogens with one attached hydrogen (secondary N) is 1. The van der Waals surface area contributed by atoms with Crippen molar-refractivity contribution >= 4 is 10.9 Å². The van der Waals surface area contributed by atoms with Crippen molar-refractivity contribution < 1.29 is 27.4 Å². The fraction of sp³-hybridized carbons (Fsp3) is 0.350. The Morgan fingerprint density at radius 1 is 1.21 bits per heavy atom. The molecule has 0 saturated carbocycles. The molecule has 2 heterocycles. The molecule has 0 spiro atoms. The van der Waals surface area contributed by atoms with Crippen LogP contribution in [0.1, 0.15) is 30.5 Å². The number of alkyl halides is 3. The molecule has 150 valence electrons. The van der Waals surface area contributed by atoms with Gasteiger partial charge in [-0.3, -0.25) is 4.98 Å². The summed E-state index contributed by atoms with van der Waals surface area (Å²) in [7, 11) is 1.32. The average Bonchev–Trinajstić information content (AvgIpc) is 3.02. The van der Waals surface area contributed by atoms with Gasteiger partial charge >= 0.3 is 6.18 Å². The number of aromatic amines is 1. The lowest BCUT2D eigenvalue weighted by molar-refractivity contribution is -0.263. The summed E-state index contributed by atoms with van der Waals surface area (Å²) in [6, 6.07) is 6.89. The highest BCUT2D eigenvalue weighted by molar-refractivity contribution is 5.79. The Bertz CT molecular complexity index is 937. The van der Waals surface area contributed by atoms with E-state index in [1.807, 2.05) is 0 Å². The zero-order chi connectivity index (χ0) is 20.5. The summed E-state index contributed by atoms with van der Waals surface area (Å²) in [4.78, 5) is 6.79. The molecule has 0 aliphatic heterocycles. The van der Waals surface area contributed by atoms with Crippen molar-refractivity contribution in [2.45, 2.75) is 37.5 Å². The predicted octanol–water partition coefficient (Wildman–Crippen LogP) is 4.74. The number of hydrogen-bond acceptors (Lipinski definition) is 3. The standard InChI is InChI=1S/C20H20F4N2O2/c1-12(16-4-3-14(21)8-18(16)28-2)9-19(27,20(22,23)24)10-15-7-13-5-6-25-11-17(13)26-15/h3-8,11-12,26-27H,9-10H2,1-2H3. The minimum absolute atomic E-state index is 0.147. The molecule has 1 aromatic carbocycles. The lowest BCUT2D eigenvalue weighted by atomic mass is 9.83. The van der Waals surface area contributed by atoms with Crippen molar-refractivity contribution in [1.29, 1.82) is 0 Å². The van der Waals surface area contributed by atoms with Gasteiger partial charge in [-0.25, -0.2) is 4.39 Å². The Morgan fingerprint density at radius 2 is 1.96 bits per heavy atom. The first-order valence-electron chi connectivity index (χ1n) is 8.67. The van der Waals surface area contributed by atoms with Crippen molar-refractivity contribution in [1.82, 2.24) is 9.97 Å². The molecule has 28 heavy (non-hydrogen) atoms. The fourth-order valence-corrected chi connectivity index (χ4v) is 3.44. The second kappa shape index (κ2) is 7.43. The fourth-order valence-electron chi connectivity index (χ4n) is 3.44. The van der Waals surface area contributed by atoms with Crippen LogP contribution in [0.5, 0.6) is 5.75 Å². The summed E-state index contributed by atoms with van der Waals surface area (Å²) >= 11 is 0. The summed E-state index contributed by atoms with van der Waals surface area (Å²) in [5, 5.41) is 11.3. The van der Waals surface area contributed by atoms with Crippen LogP contribution >= 0.6 is 0 Å². The molecule has 8 heteroatoms. The molecule has 0 bridgehead atoms. The van der Waals surface area contributed by atoms with E-state index in [1.165, 1.54) is 19.4 Å². The molecular formula is C20H20F4N2O2. The van der Waals surface area contributed by atoms with Gasteiger partial charge in [0.1, 0.15) is 11.6 Å². The van der Waals surface area contributed by atoms with Crippen LogP contribution in [-0.2, 0) is 6.42 Å². The first-order chi connectivity index (χ1) is 13.1. The van der Waals surface area contributed by atoms with Gasteiger partial charge in [-0.2, -0.15) is 13.2 Å². The monoisotopic (exact) mass is 396 g/mol. The normalized spacial score (nSPS) is 15.4. The Morgan fingerprint density at radius 3 is 2.61 bits per heavy atom. The maximum atomic E-state index is 13.8. The molecule has 0 radical (unpaired) electrons. The number of aliphatic hydroxyl groups is 1. The Hall–Kier alpha value is -2.61. The highest BCUT2D eigenvalue weighted by Crippen LogP contribution is 2.42. The molecule has 0 aliphatic rings. The first-order valence-corrected chi connectivity index (χ1v) is 8.67. The minimum atomic E-state index is -4.86. The molecule has 4 nitrogen and oxygen atoms in total. The number of aromatic nitrogens is 2. The average molecular weight is 396 g/mol. The van der Waals surface area contributed by atoms with Crippen LogP contribution < -0.4 is 4.74 Å². The topological polar surface area (TPSA) is 58.1 Å². The quantitative estimate of drug-likeness (QED) is 0.592. The number of pyridine rings is 1. The second-order valence-corrected chi connectivity index (χ2v) is 6.96. The highest BCUT2D eigenvalue weighted by Gasteiger charge is 2.54. The van der Waals surface area contributed by atoms with Gasteiger partial charge in [0.2, 0.25) is 0 Å². The molecular weight excluding hydrogens is 376 g/mol. The van der Waals surface area contributed by atoms with Crippen LogP contribution in [0.4, 0.5) is 17.6 Å². The van der Waals surface area contributed by atoms with E-state index in [0.717, 1.165) is 12.1 Å². The van der Waals surface area contributed by atoms with E-state index in [4.69, 9.17) is 4.74 Å². The molecule has 0 fully saturated rings. The molecule has 0 saturated heterocycles. The van der Waals surface area contributed by atoms with Crippen molar-refractivity contribution in [2.24, 2.45) is 0 Å². The van der Waals surface area contributed by atoms with Crippen molar-refractivity contribution in [3.05, 3.63) is 59.8 Å². The Labute approximate surface area is 159 Å². The summed E-state index contributed by atoms with van der Waals surface area (Å²) in [6.07, 6.45) is -3.05. The smallest absolute Gasteiger partial charge is 0.417 e. The van der Waals surface area contributed by atoms with Gasteiger partial charge in [0.15, 0.2) is 5.60 Å². The van der Waals surface area contributed by atoms with Crippen LogP contribution in [0, 0.1) is 5.82 Å².